The quantitative estimate of drug-likeness (QED) is 0.370. The summed E-state index contributed by atoms with van der Waals surface area (Å²) in [7, 11) is 0. The molecule has 5 heteroatoms. The number of rotatable bonds is 3. The Hall–Kier alpha value is -2.09. The first kappa shape index (κ1) is 9.00. The van der Waals surface area contributed by atoms with Crippen molar-refractivity contribution >= 4 is 12.1 Å². The van der Waals surface area contributed by atoms with Crippen LogP contribution in [0.4, 0.5) is 0 Å². The second-order valence-corrected chi connectivity index (χ2v) is 2.19. The minimum atomic E-state index is -0.408. The molecule has 0 amide bonds. The number of aldehydes is 1. The van der Waals surface area contributed by atoms with Crippen molar-refractivity contribution in [3.8, 4) is 6.07 Å². The van der Waals surface area contributed by atoms with Crippen molar-refractivity contribution in [2.24, 2.45) is 0 Å². The first-order valence-electron chi connectivity index (χ1n) is 3.47. The number of hydrogen-bond donors (Lipinski definition) is 0. The maximum absolute atomic E-state index is 11.1. The lowest BCUT2D eigenvalue weighted by Crippen LogP contribution is -2.03. The molecule has 0 aliphatic rings. The molecule has 0 fully saturated rings. The Kier molecular flexibility index (Phi) is 2.82. The van der Waals surface area contributed by atoms with Gasteiger partial charge in [-0.05, 0) is 0 Å². The van der Waals surface area contributed by atoms with Gasteiger partial charge in [-0.15, -0.1) is 0 Å². The highest BCUT2D eigenvalue weighted by Gasteiger charge is 2.07. The molecule has 64 valence electrons. The molecule has 0 aliphatic carbocycles. The first-order valence-corrected chi connectivity index (χ1v) is 3.47. The number of Topliss-reactive ketones (excluding diaryl/α,β-unsaturated/α-hetero) is 1. The highest BCUT2D eigenvalue weighted by Crippen LogP contribution is 1.99. The molecule has 0 spiro atoms. The van der Waals surface area contributed by atoms with Crippen LogP contribution in [0.3, 0.4) is 0 Å². The van der Waals surface area contributed by atoms with Gasteiger partial charge < -0.3 is 4.79 Å². The molecule has 0 unspecified atom stereocenters. The SMILES string of the molecule is N#Cc1cc(C(=O)CC=O)ncn1. The minimum absolute atomic E-state index is 0.0960. The molecule has 1 heterocycles. The van der Waals surface area contributed by atoms with Crippen LogP contribution in [0, 0.1) is 11.3 Å². The molecule has 0 bridgehead atoms. The molecular weight excluding hydrogens is 170 g/mol. The maximum Gasteiger partial charge on any atom is 0.188 e. The van der Waals surface area contributed by atoms with Gasteiger partial charge in [0.15, 0.2) is 5.78 Å². The van der Waals surface area contributed by atoms with Gasteiger partial charge in [0.25, 0.3) is 0 Å². The summed E-state index contributed by atoms with van der Waals surface area (Å²) in [6, 6.07) is 3.03. The molecule has 1 aromatic rings. The number of ketones is 1. The second kappa shape index (κ2) is 4.07. The van der Waals surface area contributed by atoms with Gasteiger partial charge in [-0.25, -0.2) is 9.97 Å². The molecule has 0 atom stereocenters. The monoisotopic (exact) mass is 175 g/mol. The Labute approximate surface area is 74.0 Å². The van der Waals surface area contributed by atoms with Crippen molar-refractivity contribution in [2.45, 2.75) is 6.42 Å². The van der Waals surface area contributed by atoms with E-state index in [9.17, 15) is 9.59 Å². The van der Waals surface area contributed by atoms with Crippen molar-refractivity contribution < 1.29 is 9.59 Å². The van der Waals surface area contributed by atoms with Crippen LogP contribution in [0.25, 0.3) is 0 Å². The fourth-order valence-electron chi connectivity index (χ4n) is 0.751. The predicted octanol–water partition coefficient (Wildman–Crippen LogP) is 0.120. The zero-order valence-electron chi connectivity index (χ0n) is 6.60. The van der Waals surface area contributed by atoms with Gasteiger partial charge in [-0.3, -0.25) is 4.79 Å². The van der Waals surface area contributed by atoms with Gasteiger partial charge in [-0.1, -0.05) is 0 Å². The molecule has 0 aliphatic heterocycles. The lowest BCUT2D eigenvalue weighted by molar-refractivity contribution is -0.107. The van der Waals surface area contributed by atoms with E-state index in [0.717, 1.165) is 6.33 Å². The average molecular weight is 175 g/mol. The van der Waals surface area contributed by atoms with Crippen LogP contribution in [0.1, 0.15) is 22.6 Å². The first-order chi connectivity index (χ1) is 6.27. The standard InChI is InChI=1S/C8H5N3O2/c9-4-6-3-7(11-5-10-6)8(13)1-2-12/h2-3,5H,1H2. The fourth-order valence-corrected chi connectivity index (χ4v) is 0.751. The molecule has 0 aromatic carbocycles. The van der Waals surface area contributed by atoms with Crippen molar-refractivity contribution in [2.75, 3.05) is 0 Å². The maximum atomic E-state index is 11.1. The van der Waals surface area contributed by atoms with Crippen LogP contribution in [0.2, 0.25) is 0 Å². The van der Waals surface area contributed by atoms with E-state index in [2.05, 4.69) is 9.97 Å². The van der Waals surface area contributed by atoms with Gasteiger partial charge in [0, 0.05) is 6.07 Å². The van der Waals surface area contributed by atoms with Crippen LogP contribution in [0.5, 0.6) is 0 Å². The molecule has 0 radical (unpaired) electrons. The average Bonchev–Trinajstić information content (AvgIpc) is 2.18. The Morgan fingerprint density at radius 1 is 1.62 bits per heavy atom. The number of aromatic nitrogens is 2. The number of carbonyl (C=O) groups excluding carboxylic acids is 2. The summed E-state index contributed by atoms with van der Waals surface area (Å²) in [5.41, 5.74) is 0.211. The van der Waals surface area contributed by atoms with Crippen molar-refractivity contribution in [1.29, 1.82) is 5.26 Å². The second-order valence-electron chi connectivity index (χ2n) is 2.19. The van der Waals surface area contributed by atoms with Crippen molar-refractivity contribution in [3.63, 3.8) is 0 Å². The Balaban J connectivity index is 2.96. The van der Waals surface area contributed by atoms with E-state index in [4.69, 9.17) is 5.26 Å². The molecule has 0 saturated heterocycles. The largest absolute Gasteiger partial charge is 0.303 e. The van der Waals surface area contributed by atoms with E-state index in [0.29, 0.717) is 6.29 Å². The van der Waals surface area contributed by atoms with Crippen LogP contribution in [0.15, 0.2) is 12.4 Å². The van der Waals surface area contributed by atoms with E-state index in [-0.39, 0.29) is 17.8 Å². The molecule has 0 N–H and O–H groups in total. The molecule has 1 aromatic heterocycles. The van der Waals surface area contributed by atoms with Gasteiger partial charge in [0.2, 0.25) is 0 Å². The van der Waals surface area contributed by atoms with Crippen molar-refractivity contribution in [3.05, 3.63) is 23.8 Å². The fraction of sp³-hybridized carbons (Fsp3) is 0.125. The summed E-state index contributed by atoms with van der Waals surface area (Å²) in [4.78, 5) is 28.3. The van der Waals surface area contributed by atoms with E-state index >= 15 is 0 Å². The Morgan fingerprint density at radius 3 is 3.00 bits per heavy atom. The lowest BCUT2D eigenvalue weighted by Gasteiger charge is -1.94. The zero-order chi connectivity index (χ0) is 9.68. The van der Waals surface area contributed by atoms with Crippen molar-refractivity contribution in [1.82, 2.24) is 9.97 Å². The third kappa shape index (κ3) is 2.17. The molecule has 0 saturated carbocycles. The Bertz CT molecular complexity index is 381. The van der Waals surface area contributed by atoms with Gasteiger partial charge in [0.1, 0.15) is 30.1 Å². The highest BCUT2D eigenvalue weighted by atomic mass is 16.1. The number of hydrogen-bond acceptors (Lipinski definition) is 5. The van der Waals surface area contributed by atoms with Gasteiger partial charge >= 0.3 is 0 Å². The molecular formula is C8H5N3O2. The van der Waals surface area contributed by atoms with Crippen LogP contribution in [-0.2, 0) is 4.79 Å². The molecule has 5 nitrogen and oxygen atoms in total. The number of nitrogens with zero attached hydrogens (tertiary/aromatic N) is 3. The number of nitriles is 1. The van der Waals surface area contributed by atoms with Crippen LogP contribution in [-0.4, -0.2) is 22.0 Å². The van der Waals surface area contributed by atoms with E-state index in [1.54, 1.807) is 6.07 Å². The summed E-state index contributed by atoms with van der Waals surface area (Å²) < 4.78 is 0. The summed E-state index contributed by atoms with van der Waals surface area (Å²) in [5, 5.41) is 8.45. The smallest absolute Gasteiger partial charge is 0.188 e. The zero-order valence-corrected chi connectivity index (χ0v) is 6.60. The summed E-state index contributed by atoms with van der Waals surface area (Å²) in [6.45, 7) is 0. The van der Waals surface area contributed by atoms with E-state index in [1.165, 1.54) is 6.07 Å². The van der Waals surface area contributed by atoms with Gasteiger partial charge in [0.05, 0.1) is 6.42 Å². The number of carbonyl (C=O) groups is 2. The molecule has 1 rings (SSSR count). The minimum Gasteiger partial charge on any atom is -0.303 e. The lowest BCUT2D eigenvalue weighted by atomic mass is 10.2. The summed E-state index contributed by atoms with van der Waals surface area (Å²) in [6.07, 6.45) is 1.40. The Morgan fingerprint density at radius 2 is 2.38 bits per heavy atom. The van der Waals surface area contributed by atoms with E-state index in [1.807, 2.05) is 0 Å². The topological polar surface area (TPSA) is 83.7 Å². The summed E-state index contributed by atoms with van der Waals surface area (Å²) >= 11 is 0. The van der Waals surface area contributed by atoms with Crippen LogP contribution >= 0.6 is 0 Å². The molecule has 13 heavy (non-hydrogen) atoms. The highest BCUT2D eigenvalue weighted by molar-refractivity contribution is 6.01. The predicted molar refractivity (Wildman–Crippen MR) is 41.8 cm³/mol. The summed E-state index contributed by atoms with van der Waals surface area (Å²) in [5.74, 6) is -0.408. The third-order valence-electron chi connectivity index (χ3n) is 1.34. The van der Waals surface area contributed by atoms with Gasteiger partial charge in [-0.2, -0.15) is 5.26 Å². The van der Waals surface area contributed by atoms with E-state index < -0.39 is 5.78 Å². The third-order valence-corrected chi connectivity index (χ3v) is 1.34. The normalized spacial score (nSPS) is 8.85. The van der Waals surface area contributed by atoms with Crippen LogP contribution < -0.4 is 0 Å².